The molecule has 0 bridgehead atoms. The molecule has 0 amide bonds. The molecule has 11 aromatic rings. The van der Waals surface area contributed by atoms with E-state index in [2.05, 4.69) is 121 Å². The summed E-state index contributed by atoms with van der Waals surface area (Å²) in [5, 5.41) is 30.7. The molecule has 9 aromatic carbocycles. The number of nitrogens with zero attached hydrogens (tertiary/aromatic N) is 2. The number of pyridine rings is 2. The quantitative estimate of drug-likeness (QED) is 0.0312. The molecule has 11 rings (SSSR count). The van der Waals surface area contributed by atoms with Crippen LogP contribution in [0, 0.1) is 0 Å². The summed E-state index contributed by atoms with van der Waals surface area (Å²) in [4.78, 5) is 11.2. The highest BCUT2D eigenvalue weighted by molar-refractivity contribution is 6.28. The Morgan fingerprint density at radius 3 is 1.15 bits per heavy atom. The number of benzene rings is 9. The molecule has 0 fully saturated rings. The lowest BCUT2D eigenvalue weighted by atomic mass is 9.67. The second kappa shape index (κ2) is 24.7. The van der Waals surface area contributed by atoms with Crippen molar-refractivity contribution in [3.05, 3.63) is 266 Å². The molecule has 0 unspecified atom stereocenters. The van der Waals surface area contributed by atoms with Crippen LogP contribution >= 0.6 is 0 Å². The first-order chi connectivity index (χ1) is 36.5. The van der Waals surface area contributed by atoms with Crippen molar-refractivity contribution in [2.24, 2.45) is 0 Å². The van der Waals surface area contributed by atoms with Crippen LogP contribution in [0.4, 0.5) is 0 Å². The zero-order valence-electron chi connectivity index (χ0n) is 41.5. The van der Waals surface area contributed by atoms with E-state index in [1.54, 1.807) is 9.46 Å². The molecule has 0 atom stereocenters. The van der Waals surface area contributed by atoms with Gasteiger partial charge in [-0.15, -0.1) is 0 Å². The van der Waals surface area contributed by atoms with Crippen LogP contribution in [0.25, 0.3) is 43.1 Å². The number of rotatable bonds is 16. The lowest BCUT2D eigenvalue weighted by Gasteiger charge is -2.37. The third kappa shape index (κ3) is 11.7. The number of hydrogen-bond acceptors (Lipinski definition) is 7. The molecule has 0 aliphatic carbocycles. The summed E-state index contributed by atoms with van der Waals surface area (Å²) in [5.74, 6) is 2.95. The first kappa shape index (κ1) is 50.4. The van der Waals surface area contributed by atoms with E-state index >= 15 is 0 Å². The Morgan fingerprint density at radius 2 is 0.757 bits per heavy atom. The van der Waals surface area contributed by atoms with Gasteiger partial charge < -0.3 is 24.2 Å². The maximum absolute atomic E-state index is 10.7. The fourth-order valence-corrected chi connectivity index (χ4v) is 9.53. The van der Waals surface area contributed by atoms with Crippen molar-refractivity contribution in [2.45, 2.75) is 32.1 Å². The molecule has 0 saturated carbocycles. The third-order valence-corrected chi connectivity index (χ3v) is 12.8. The van der Waals surface area contributed by atoms with Gasteiger partial charge >= 0.3 is 11.8 Å². The van der Waals surface area contributed by atoms with E-state index in [4.69, 9.17) is 23.8 Å². The van der Waals surface area contributed by atoms with Gasteiger partial charge in [0, 0.05) is 44.4 Å². The number of hydrogen-bond donors (Lipinski definition) is 0. The van der Waals surface area contributed by atoms with Crippen LogP contribution in [0.2, 0.25) is 0 Å². The van der Waals surface area contributed by atoms with Gasteiger partial charge in [-0.2, -0.15) is 0 Å². The molecule has 10 heteroatoms. The van der Waals surface area contributed by atoms with Crippen molar-refractivity contribution in [3.63, 3.8) is 0 Å². The van der Waals surface area contributed by atoms with E-state index in [0.29, 0.717) is 31.4 Å². The van der Waals surface area contributed by atoms with E-state index in [1.807, 2.05) is 142 Å². The molecule has 0 aliphatic heterocycles. The minimum atomic E-state index is -2.23. The highest BCUT2D eigenvalue weighted by atomic mass is 16.7. The summed E-state index contributed by atoms with van der Waals surface area (Å²) in [6.45, 7) is 5.21. The molecule has 2 aromatic heterocycles. The zero-order valence-corrected chi connectivity index (χ0v) is 41.5. The molecule has 0 aliphatic rings. The SMILES string of the molecule is CCO[n+]1ccccc1Oc1cc2ccccc2c2ccccc12.CCO[n+]1ccccc1Oc1cc2ccccc2c2ccccc12.[O-]B([O-])OCCCC(c1ccccc1)(c1ccccc1)c1ccccc1. The van der Waals surface area contributed by atoms with Crippen LogP contribution in [-0.2, 0) is 10.1 Å². The molecular formula is C64H57BN2O7. The van der Waals surface area contributed by atoms with Crippen molar-refractivity contribution in [1.29, 1.82) is 0 Å². The molecule has 0 spiro atoms. The Morgan fingerprint density at radius 1 is 0.405 bits per heavy atom. The molecule has 368 valence electrons. The Hall–Kier alpha value is -8.54. The van der Waals surface area contributed by atoms with Crippen molar-refractivity contribution >= 4 is 50.4 Å². The first-order valence-corrected chi connectivity index (χ1v) is 25.0. The van der Waals surface area contributed by atoms with Crippen LogP contribution in [0.1, 0.15) is 43.4 Å². The van der Waals surface area contributed by atoms with Gasteiger partial charge in [-0.1, -0.05) is 188 Å². The predicted octanol–water partition coefficient (Wildman–Crippen LogP) is 11.6. The highest BCUT2D eigenvalue weighted by Gasteiger charge is 2.35. The molecule has 0 saturated heterocycles. The standard InChI is InChI=1S/C22H21BO3.2C21H18NO2/c24-23(25)26-18-10-17-22(19-11-4-1-5-12-19,20-13-6-2-7-14-20)21-15-8-3-9-16-21;2*1-2-23-22-14-8-7-13-21(22)24-20-15-16-9-3-4-10-17(16)18-11-5-6-12-19(18)20/h1-9,11-16H,10,17-18H2;2*3-15H,2H2,1H3/q-2;2*+1. The van der Waals surface area contributed by atoms with Crippen LogP contribution in [0.5, 0.6) is 23.3 Å². The summed E-state index contributed by atoms with van der Waals surface area (Å²) in [6.07, 6.45) is 5.04. The summed E-state index contributed by atoms with van der Waals surface area (Å²) in [6, 6.07) is 80.1. The first-order valence-electron chi connectivity index (χ1n) is 25.0. The largest absolute Gasteiger partial charge is 0.871 e. The Kier molecular flexibility index (Phi) is 16.8. The summed E-state index contributed by atoms with van der Waals surface area (Å²) in [5.41, 5.74) is 3.17. The molecule has 0 N–H and O–H groups in total. The molecule has 74 heavy (non-hydrogen) atoms. The van der Waals surface area contributed by atoms with E-state index in [9.17, 15) is 10.0 Å². The average Bonchev–Trinajstić information content (AvgIpc) is 3.46. The van der Waals surface area contributed by atoms with Gasteiger partial charge in [0.05, 0.1) is 19.5 Å². The topological polar surface area (TPSA) is 100 Å². The fraction of sp³-hybridized carbons (Fsp3) is 0.125. The molecule has 9 nitrogen and oxygen atoms in total. The minimum Gasteiger partial charge on any atom is -0.871 e. The molecular weight excluding hydrogens is 920 g/mol. The van der Waals surface area contributed by atoms with Gasteiger partial charge in [-0.25, -0.2) is 0 Å². The van der Waals surface area contributed by atoms with Crippen LogP contribution in [0.15, 0.2) is 249 Å². The van der Waals surface area contributed by atoms with Crippen molar-refractivity contribution in [3.8, 4) is 23.3 Å². The number of ether oxygens (including phenoxy) is 2. The fourth-order valence-electron chi connectivity index (χ4n) is 9.53. The van der Waals surface area contributed by atoms with Gasteiger partial charge in [-0.3, -0.25) is 9.68 Å². The Balaban J connectivity index is 0.000000136. The maximum atomic E-state index is 10.7. The van der Waals surface area contributed by atoms with E-state index in [-0.39, 0.29) is 12.0 Å². The second-order valence-corrected chi connectivity index (χ2v) is 17.3. The van der Waals surface area contributed by atoms with E-state index < -0.39 is 7.32 Å². The normalized spacial score (nSPS) is 11.0. The Labute approximate surface area is 432 Å². The van der Waals surface area contributed by atoms with E-state index in [0.717, 1.165) is 39.5 Å². The van der Waals surface area contributed by atoms with E-state index in [1.165, 1.54) is 38.2 Å². The monoisotopic (exact) mass is 976 g/mol. The van der Waals surface area contributed by atoms with Crippen molar-refractivity contribution in [1.82, 2.24) is 0 Å². The lowest BCUT2D eigenvalue weighted by molar-refractivity contribution is -0.892. The van der Waals surface area contributed by atoms with Gasteiger partial charge in [0.1, 0.15) is 11.5 Å². The van der Waals surface area contributed by atoms with Crippen molar-refractivity contribution in [2.75, 3.05) is 19.8 Å². The molecule has 0 radical (unpaired) electrons. The highest BCUT2D eigenvalue weighted by Crippen LogP contribution is 2.43. The summed E-state index contributed by atoms with van der Waals surface area (Å²) in [7, 11) is -2.23. The van der Waals surface area contributed by atoms with Crippen molar-refractivity contribution < 1.29 is 43.3 Å². The zero-order chi connectivity index (χ0) is 51.0. The average molecular weight is 977 g/mol. The van der Waals surface area contributed by atoms with Gasteiger partial charge in [-0.05, 0) is 100.0 Å². The van der Waals surface area contributed by atoms with Crippen LogP contribution < -0.4 is 38.7 Å². The Bertz CT molecular complexity index is 3280. The summed E-state index contributed by atoms with van der Waals surface area (Å²) < 4.78 is 20.5. The van der Waals surface area contributed by atoms with Crippen LogP contribution in [0.3, 0.4) is 0 Å². The predicted molar refractivity (Wildman–Crippen MR) is 291 cm³/mol. The second-order valence-electron chi connectivity index (χ2n) is 17.3. The smallest absolute Gasteiger partial charge is 0.422 e. The minimum absolute atomic E-state index is 0.159. The lowest BCUT2D eigenvalue weighted by Crippen LogP contribution is -2.48. The maximum Gasteiger partial charge on any atom is 0.422 e. The van der Waals surface area contributed by atoms with Gasteiger partial charge in [0.2, 0.25) is 12.4 Å². The number of fused-ring (bicyclic) bond motifs is 6. The molecule has 2 heterocycles. The number of aromatic nitrogens is 2. The summed E-state index contributed by atoms with van der Waals surface area (Å²) >= 11 is 0. The van der Waals surface area contributed by atoms with Gasteiger partial charge in [0.15, 0.2) is 13.2 Å². The van der Waals surface area contributed by atoms with Gasteiger partial charge in [0.25, 0.3) is 0 Å². The third-order valence-electron chi connectivity index (χ3n) is 12.8. The van der Waals surface area contributed by atoms with Crippen LogP contribution in [-0.4, -0.2) is 27.1 Å².